The summed E-state index contributed by atoms with van der Waals surface area (Å²) in [7, 11) is 0. The van der Waals surface area contributed by atoms with Crippen molar-refractivity contribution in [2.75, 3.05) is 19.6 Å². The van der Waals surface area contributed by atoms with Crippen LogP contribution in [0.25, 0.3) is 0 Å². The fourth-order valence-corrected chi connectivity index (χ4v) is 2.09. The van der Waals surface area contributed by atoms with Crippen LogP contribution in [0.15, 0.2) is 12.1 Å². The van der Waals surface area contributed by atoms with E-state index in [0.29, 0.717) is 9.21 Å². The molecule has 4 nitrogen and oxygen atoms in total. The van der Waals surface area contributed by atoms with E-state index in [4.69, 9.17) is 22.1 Å². The summed E-state index contributed by atoms with van der Waals surface area (Å²) in [6.45, 7) is 0.203. The van der Waals surface area contributed by atoms with E-state index >= 15 is 0 Å². The zero-order chi connectivity index (χ0) is 12.0. The van der Waals surface area contributed by atoms with Gasteiger partial charge in [0.25, 0.3) is 0 Å². The number of hydrogen-bond acceptors (Lipinski definition) is 5. The summed E-state index contributed by atoms with van der Waals surface area (Å²) in [6.07, 6.45) is 0. The Bertz CT molecular complexity index is 441. The van der Waals surface area contributed by atoms with Gasteiger partial charge in [0.1, 0.15) is 0 Å². The van der Waals surface area contributed by atoms with Crippen LogP contribution in [0.5, 0.6) is 0 Å². The van der Waals surface area contributed by atoms with Crippen LogP contribution in [-0.4, -0.2) is 30.3 Å². The first-order chi connectivity index (χ1) is 7.67. The molecule has 0 atom stereocenters. The van der Waals surface area contributed by atoms with E-state index in [9.17, 15) is 4.79 Å². The predicted molar refractivity (Wildman–Crippen MR) is 61.3 cm³/mol. The Morgan fingerprint density at radius 3 is 2.44 bits per heavy atom. The molecule has 0 aliphatic carbocycles. The molecule has 6 heteroatoms. The Morgan fingerprint density at radius 1 is 1.38 bits per heavy atom. The first kappa shape index (κ1) is 12.7. The Kier molecular flexibility index (Phi) is 4.94. The van der Waals surface area contributed by atoms with Gasteiger partial charge in [-0.1, -0.05) is 11.6 Å². The lowest BCUT2D eigenvalue weighted by atomic mass is 10.3. The number of ketones is 1. The van der Waals surface area contributed by atoms with E-state index in [1.54, 1.807) is 12.1 Å². The number of hydrogen-bond donors (Lipinski definition) is 0. The highest BCUT2D eigenvalue weighted by molar-refractivity contribution is 7.18. The number of halogens is 1. The summed E-state index contributed by atoms with van der Waals surface area (Å²) in [6, 6.07) is 7.13. The van der Waals surface area contributed by atoms with Gasteiger partial charge in [0.15, 0.2) is 5.78 Å². The quantitative estimate of drug-likeness (QED) is 0.594. The third kappa shape index (κ3) is 3.63. The van der Waals surface area contributed by atoms with Crippen LogP contribution in [0.4, 0.5) is 0 Å². The maximum Gasteiger partial charge on any atom is 0.186 e. The van der Waals surface area contributed by atoms with Gasteiger partial charge in [-0.05, 0) is 12.1 Å². The van der Waals surface area contributed by atoms with Crippen molar-refractivity contribution >= 4 is 28.7 Å². The first-order valence-corrected chi connectivity index (χ1v) is 5.61. The van der Waals surface area contributed by atoms with E-state index in [-0.39, 0.29) is 25.4 Å². The molecule has 1 heterocycles. The minimum Gasteiger partial charge on any atom is -0.292 e. The van der Waals surface area contributed by atoms with Crippen LogP contribution in [0.1, 0.15) is 9.67 Å². The van der Waals surface area contributed by atoms with Gasteiger partial charge in [0.05, 0.1) is 41.0 Å². The first-order valence-electron chi connectivity index (χ1n) is 4.42. The molecular weight excluding hydrogens is 246 g/mol. The number of carbonyl (C=O) groups excluding carboxylic acids is 1. The van der Waals surface area contributed by atoms with Gasteiger partial charge in [-0.3, -0.25) is 9.69 Å². The summed E-state index contributed by atoms with van der Waals surface area (Å²) in [5, 5.41) is 17.0. The predicted octanol–water partition coefficient (Wildman–Crippen LogP) is 1.93. The monoisotopic (exact) mass is 253 g/mol. The third-order valence-corrected chi connectivity index (χ3v) is 3.08. The average Bonchev–Trinajstić information content (AvgIpc) is 2.65. The molecule has 1 rings (SSSR count). The highest BCUT2D eigenvalue weighted by Crippen LogP contribution is 2.21. The number of rotatable bonds is 5. The second-order valence-electron chi connectivity index (χ2n) is 2.99. The largest absolute Gasteiger partial charge is 0.292 e. The van der Waals surface area contributed by atoms with Crippen LogP contribution < -0.4 is 0 Å². The molecule has 0 aliphatic rings. The van der Waals surface area contributed by atoms with Crippen molar-refractivity contribution in [3.8, 4) is 12.1 Å². The fraction of sp³-hybridized carbons (Fsp3) is 0.300. The van der Waals surface area contributed by atoms with Crippen LogP contribution in [0.2, 0.25) is 4.34 Å². The topological polar surface area (TPSA) is 67.9 Å². The van der Waals surface area contributed by atoms with E-state index in [0.717, 1.165) is 0 Å². The molecule has 0 saturated heterocycles. The highest BCUT2D eigenvalue weighted by atomic mass is 35.5. The van der Waals surface area contributed by atoms with Crippen LogP contribution in [-0.2, 0) is 0 Å². The standard InChI is InChI=1S/C10H8ClN3OS/c11-10-2-1-9(16-10)8(15)7-14(5-3-12)6-4-13/h1-2H,5-7H2. The fourth-order valence-electron chi connectivity index (χ4n) is 1.11. The molecule has 0 spiro atoms. The minimum atomic E-state index is -0.123. The van der Waals surface area contributed by atoms with E-state index in [2.05, 4.69) is 0 Å². The number of Topliss-reactive ketones (excluding diaryl/α,β-unsaturated/α-hetero) is 1. The van der Waals surface area contributed by atoms with Crippen LogP contribution in [0, 0.1) is 22.7 Å². The summed E-state index contributed by atoms with van der Waals surface area (Å²) in [5.41, 5.74) is 0. The Morgan fingerprint density at radius 2 is 2.00 bits per heavy atom. The number of nitriles is 2. The van der Waals surface area contributed by atoms with Crippen molar-refractivity contribution in [1.82, 2.24) is 4.90 Å². The lowest BCUT2D eigenvalue weighted by Crippen LogP contribution is -2.30. The molecule has 0 N–H and O–H groups in total. The summed E-state index contributed by atoms with van der Waals surface area (Å²) in [4.78, 5) is 13.7. The Labute approximate surface area is 102 Å². The molecule has 0 radical (unpaired) electrons. The zero-order valence-electron chi connectivity index (χ0n) is 8.31. The van der Waals surface area contributed by atoms with Gasteiger partial charge in [-0.15, -0.1) is 11.3 Å². The summed E-state index contributed by atoms with van der Waals surface area (Å²) in [5.74, 6) is -0.123. The van der Waals surface area contributed by atoms with E-state index in [1.165, 1.54) is 16.2 Å². The molecule has 0 saturated carbocycles. The van der Waals surface area contributed by atoms with Crippen LogP contribution >= 0.6 is 22.9 Å². The van der Waals surface area contributed by atoms with Gasteiger partial charge in [0, 0.05) is 0 Å². The van der Waals surface area contributed by atoms with Gasteiger partial charge in [-0.25, -0.2) is 0 Å². The Balaban J connectivity index is 2.62. The Hall–Kier alpha value is -1.40. The zero-order valence-corrected chi connectivity index (χ0v) is 9.88. The van der Waals surface area contributed by atoms with Crippen molar-refractivity contribution < 1.29 is 4.79 Å². The van der Waals surface area contributed by atoms with Crippen LogP contribution in [0.3, 0.4) is 0 Å². The van der Waals surface area contributed by atoms with Gasteiger partial charge in [0.2, 0.25) is 0 Å². The third-order valence-electron chi connectivity index (χ3n) is 1.80. The average molecular weight is 254 g/mol. The van der Waals surface area contributed by atoms with E-state index < -0.39 is 0 Å². The second-order valence-corrected chi connectivity index (χ2v) is 4.70. The second kappa shape index (κ2) is 6.24. The SMILES string of the molecule is N#CCN(CC#N)CC(=O)c1ccc(Cl)s1. The maximum absolute atomic E-state index is 11.7. The molecule has 0 unspecified atom stereocenters. The summed E-state index contributed by atoms with van der Waals surface area (Å²) < 4.78 is 0.551. The number of carbonyl (C=O) groups is 1. The highest BCUT2D eigenvalue weighted by Gasteiger charge is 2.13. The lowest BCUT2D eigenvalue weighted by Gasteiger charge is -2.12. The van der Waals surface area contributed by atoms with Gasteiger partial charge >= 0.3 is 0 Å². The van der Waals surface area contributed by atoms with Crippen molar-refractivity contribution in [3.63, 3.8) is 0 Å². The molecule has 0 bridgehead atoms. The molecule has 1 aromatic heterocycles. The number of nitrogens with zero attached hydrogens (tertiary/aromatic N) is 3. The normalized spacial score (nSPS) is 9.75. The minimum absolute atomic E-state index is 0.0674. The molecular formula is C10H8ClN3OS. The van der Waals surface area contributed by atoms with E-state index in [1.807, 2.05) is 12.1 Å². The molecule has 0 aliphatic heterocycles. The number of thiophene rings is 1. The molecule has 0 fully saturated rings. The maximum atomic E-state index is 11.7. The summed E-state index contributed by atoms with van der Waals surface area (Å²) >= 11 is 6.91. The lowest BCUT2D eigenvalue weighted by molar-refractivity contribution is 0.0950. The van der Waals surface area contributed by atoms with Crippen molar-refractivity contribution in [2.45, 2.75) is 0 Å². The van der Waals surface area contributed by atoms with Gasteiger partial charge < -0.3 is 0 Å². The van der Waals surface area contributed by atoms with Crippen molar-refractivity contribution in [3.05, 3.63) is 21.3 Å². The molecule has 82 valence electrons. The molecule has 0 amide bonds. The van der Waals surface area contributed by atoms with Crippen molar-refractivity contribution in [2.24, 2.45) is 0 Å². The van der Waals surface area contributed by atoms with Crippen molar-refractivity contribution in [1.29, 1.82) is 10.5 Å². The smallest absolute Gasteiger partial charge is 0.186 e. The molecule has 0 aromatic carbocycles. The van der Waals surface area contributed by atoms with Gasteiger partial charge in [-0.2, -0.15) is 10.5 Å². The molecule has 16 heavy (non-hydrogen) atoms. The molecule has 1 aromatic rings.